The molecule has 1 aromatic carbocycles. The van der Waals surface area contributed by atoms with Crippen molar-refractivity contribution in [2.24, 2.45) is 0 Å². The number of piperidine rings is 1. The number of aryl methyl sites for hydroxylation is 1. The summed E-state index contributed by atoms with van der Waals surface area (Å²) in [6, 6.07) is 8.13. The Bertz CT molecular complexity index is 1080. The third-order valence-corrected chi connectivity index (χ3v) is 5.36. The molecule has 2 aromatic heterocycles. The zero-order valence-electron chi connectivity index (χ0n) is 16.5. The highest BCUT2D eigenvalue weighted by molar-refractivity contribution is 6.06. The topological polar surface area (TPSA) is 100 Å². The minimum absolute atomic E-state index is 0.0594. The number of nitrogens with zero attached hydrogens (tertiary/aromatic N) is 2. The second kappa shape index (κ2) is 8.08. The number of hydrogen-bond acceptors (Lipinski definition) is 6. The van der Waals surface area contributed by atoms with E-state index in [2.05, 4.69) is 26.3 Å². The average Bonchev–Trinajstić information content (AvgIpc) is 3.07. The molecule has 1 fully saturated rings. The van der Waals surface area contributed by atoms with Crippen molar-refractivity contribution in [1.82, 2.24) is 20.2 Å². The summed E-state index contributed by atoms with van der Waals surface area (Å²) in [4.78, 5) is 33.8. The first-order chi connectivity index (χ1) is 14.0. The van der Waals surface area contributed by atoms with Crippen LogP contribution in [0.4, 0.5) is 0 Å². The second-order valence-corrected chi connectivity index (χ2v) is 7.32. The third-order valence-electron chi connectivity index (χ3n) is 5.36. The molecule has 8 heteroatoms. The number of aromatic amines is 1. The molecule has 1 amide bonds. The van der Waals surface area contributed by atoms with Crippen LogP contribution in [-0.2, 0) is 6.54 Å². The van der Waals surface area contributed by atoms with Crippen LogP contribution in [0.15, 0.2) is 39.8 Å². The maximum Gasteiger partial charge on any atom is 0.262 e. The molecular weight excluding hydrogens is 372 g/mol. The van der Waals surface area contributed by atoms with E-state index in [9.17, 15) is 9.59 Å². The number of carbonyl (C=O) groups excluding carboxylic acids is 1. The van der Waals surface area contributed by atoms with Gasteiger partial charge in [0, 0.05) is 25.7 Å². The smallest absolute Gasteiger partial charge is 0.262 e. The van der Waals surface area contributed by atoms with Crippen LogP contribution < -0.4 is 15.6 Å². The molecule has 0 bridgehead atoms. The fourth-order valence-electron chi connectivity index (χ4n) is 3.85. The van der Waals surface area contributed by atoms with Gasteiger partial charge in [-0.25, -0.2) is 4.98 Å². The van der Waals surface area contributed by atoms with Gasteiger partial charge in [-0.2, -0.15) is 0 Å². The van der Waals surface area contributed by atoms with Gasteiger partial charge in [0.2, 0.25) is 5.71 Å². The number of benzene rings is 1. The van der Waals surface area contributed by atoms with E-state index < -0.39 is 0 Å². The molecule has 0 unspecified atom stereocenters. The third kappa shape index (κ3) is 4.02. The van der Waals surface area contributed by atoms with Crippen molar-refractivity contribution in [1.29, 1.82) is 0 Å². The van der Waals surface area contributed by atoms with Gasteiger partial charge in [-0.15, -0.1) is 0 Å². The van der Waals surface area contributed by atoms with Gasteiger partial charge in [0.15, 0.2) is 0 Å². The second-order valence-electron chi connectivity index (χ2n) is 7.32. The molecule has 0 saturated carbocycles. The summed E-state index contributed by atoms with van der Waals surface area (Å²) in [5, 5.41) is 3.26. The highest BCUT2D eigenvalue weighted by Gasteiger charge is 2.26. The molecule has 0 radical (unpaired) electrons. The van der Waals surface area contributed by atoms with Crippen molar-refractivity contribution in [3.63, 3.8) is 0 Å². The van der Waals surface area contributed by atoms with Crippen LogP contribution in [0.3, 0.4) is 0 Å². The van der Waals surface area contributed by atoms with Crippen LogP contribution in [0.1, 0.15) is 34.5 Å². The van der Waals surface area contributed by atoms with E-state index in [1.807, 2.05) is 18.2 Å². The number of likely N-dealkylation sites (tertiary alicyclic amines) is 1. The first-order valence-corrected chi connectivity index (χ1v) is 9.68. The summed E-state index contributed by atoms with van der Waals surface area (Å²) in [7, 11) is 1.67. The molecule has 1 aliphatic heterocycles. The van der Waals surface area contributed by atoms with Crippen LogP contribution >= 0.6 is 0 Å². The molecule has 0 atom stereocenters. The lowest BCUT2D eigenvalue weighted by Gasteiger charge is -2.32. The van der Waals surface area contributed by atoms with Gasteiger partial charge in [-0.3, -0.25) is 14.5 Å². The van der Waals surface area contributed by atoms with E-state index >= 15 is 0 Å². The molecule has 1 saturated heterocycles. The summed E-state index contributed by atoms with van der Waals surface area (Å²) in [5.41, 5.74) is 1.29. The summed E-state index contributed by atoms with van der Waals surface area (Å²) in [6.45, 7) is 4.29. The van der Waals surface area contributed by atoms with E-state index in [1.54, 1.807) is 14.0 Å². The molecule has 1 aliphatic rings. The quantitative estimate of drug-likeness (QED) is 0.686. The van der Waals surface area contributed by atoms with Gasteiger partial charge in [0.05, 0.1) is 19.0 Å². The van der Waals surface area contributed by atoms with Crippen molar-refractivity contribution >= 4 is 17.0 Å². The van der Waals surface area contributed by atoms with Crippen LogP contribution in [-0.4, -0.2) is 47.0 Å². The Balaban J connectivity index is 1.38. The molecular formula is C21H24N4O4. The van der Waals surface area contributed by atoms with E-state index in [1.165, 1.54) is 11.9 Å². The fourth-order valence-corrected chi connectivity index (χ4v) is 3.85. The van der Waals surface area contributed by atoms with Gasteiger partial charge >= 0.3 is 0 Å². The lowest BCUT2D eigenvalue weighted by molar-refractivity contribution is 0.0908. The number of methoxy groups -OCH3 is 1. The first-order valence-electron chi connectivity index (χ1n) is 9.68. The van der Waals surface area contributed by atoms with Crippen LogP contribution in [0.5, 0.6) is 5.75 Å². The number of amides is 1. The van der Waals surface area contributed by atoms with Gasteiger partial charge < -0.3 is 19.5 Å². The molecule has 0 aliphatic carbocycles. The largest absolute Gasteiger partial charge is 0.497 e. The lowest BCUT2D eigenvalue weighted by Crippen LogP contribution is -2.44. The Morgan fingerprint density at radius 1 is 1.38 bits per heavy atom. The molecule has 3 heterocycles. The zero-order valence-corrected chi connectivity index (χ0v) is 16.5. The van der Waals surface area contributed by atoms with Crippen molar-refractivity contribution in [3.05, 3.63) is 57.8 Å². The van der Waals surface area contributed by atoms with Crippen molar-refractivity contribution in [2.75, 3.05) is 20.2 Å². The molecule has 2 N–H and O–H groups in total. The average molecular weight is 396 g/mol. The van der Waals surface area contributed by atoms with Crippen molar-refractivity contribution < 1.29 is 13.9 Å². The number of fused-ring (bicyclic) bond motifs is 1. The minimum Gasteiger partial charge on any atom is -0.497 e. The molecule has 4 rings (SSSR count). The monoisotopic (exact) mass is 396 g/mol. The van der Waals surface area contributed by atoms with Gasteiger partial charge in [0.1, 0.15) is 16.9 Å². The Hall–Kier alpha value is -3.13. The fraction of sp³-hybridized carbons (Fsp3) is 0.381. The number of ether oxygens (including phenoxy) is 1. The molecule has 3 aromatic rings. The number of H-pyrrole nitrogens is 1. The minimum atomic E-state index is -0.370. The highest BCUT2D eigenvalue weighted by Crippen LogP contribution is 2.22. The SMILES string of the molecule is COc1cccc(CN2CCC(NC(=O)c3c(C)oc4nc[nH]c(=O)c34)CC2)c1. The highest BCUT2D eigenvalue weighted by atomic mass is 16.5. The summed E-state index contributed by atoms with van der Waals surface area (Å²) < 4.78 is 10.8. The zero-order chi connectivity index (χ0) is 20.4. The van der Waals surface area contributed by atoms with Gasteiger partial charge in [-0.1, -0.05) is 12.1 Å². The number of hydrogen-bond donors (Lipinski definition) is 2. The van der Waals surface area contributed by atoms with Crippen LogP contribution in [0, 0.1) is 6.92 Å². The first kappa shape index (κ1) is 19.2. The summed E-state index contributed by atoms with van der Waals surface area (Å²) >= 11 is 0. The molecule has 8 nitrogen and oxygen atoms in total. The van der Waals surface area contributed by atoms with E-state index in [-0.39, 0.29) is 34.2 Å². The van der Waals surface area contributed by atoms with E-state index in [4.69, 9.17) is 9.15 Å². The normalized spacial score (nSPS) is 15.5. The number of aromatic nitrogens is 2. The standard InChI is InChI=1S/C21H24N4O4/c1-13-17(18-19(26)22-12-23-21(18)29-13)20(27)24-15-6-8-25(9-7-15)11-14-4-3-5-16(10-14)28-2/h3-5,10,12,15H,6-9,11H2,1-2H3,(H,24,27)(H,22,23,26). The van der Waals surface area contributed by atoms with Crippen molar-refractivity contribution in [2.45, 2.75) is 32.4 Å². The Labute approximate surface area is 167 Å². The van der Waals surface area contributed by atoms with Crippen LogP contribution in [0.25, 0.3) is 11.1 Å². The summed E-state index contributed by atoms with van der Waals surface area (Å²) in [6.07, 6.45) is 2.96. The number of carbonyl (C=O) groups is 1. The van der Waals surface area contributed by atoms with Crippen LogP contribution in [0.2, 0.25) is 0 Å². The maximum absolute atomic E-state index is 12.8. The lowest BCUT2D eigenvalue weighted by atomic mass is 10.0. The Morgan fingerprint density at radius 3 is 2.93 bits per heavy atom. The predicted molar refractivity (Wildman–Crippen MR) is 108 cm³/mol. The Kier molecular flexibility index (Phi) is 5.35. The van der Waals surface area contributed by atoms with Crippen molar-refractivity contribution in [3.8, 4) is 5.75 Å². The molecule has 29 heavy (non-hydrogen) atoms. The van der Waals surface area contributed by atoms with E-state index in [0.29, 0.717) is 5.76 Å². The van der Waals surface area contributed by atoms with E-state index in [0.717, 1.165) is 38.2 Å². The summed E-state index contributed by atoms with van der Waals surface area (Å²) in [5.74, 6) is 0.972. The number of nitrogens with one attached hydrogen (secondary N) is 2. The molecule has 152 valence electrons. The molecule has 0 spiro atoms. The maximum atomic E-state index is 12.8. The van der Waals surface area contributed by atoms with Gasteiger partial charge in [-0.05, 0) is 37.5 Å². The Morgan fingerprint density at radius 2 is 2.17 bits per heavy atom. The number of furan rings is 1. The number of rotatable bonds is 5. The van der Waals surface area contributed by atoms with Gasteiger partial charge in [0.25, 0.3) is 11.5 Å². The predicted octanol–water partition coefficient (Wildman–Crippen LogP) is 2.23.